The summed E-state index contributed by atoms with van der Waals surface area (Å²) >= 11 is 0. The molecule has 106 valence electrons. The molecule has 0 aliphatic carbocycles. The second kappa shape index (κ2) is 4.77. The molecule has 19 heavy (non-hydrogen) atoms. The fourth-order valence-corrected chi connectivity index (χ4v) is 3.14. The fourth-order valence-electron chi connectivity index (χ4n) is 3.14. The van der Waals surface area contributed by atoms with Crippen LogP contribution >= 0.6 is 0 Å². The summed E-state index contributed by atoms with van der Waals surface area (Å²) in [6.07, 6.45) is 3.67. The highest BCUT2D eigenvalue weighted by Gasteiger charge is 2.43. The van der Waals surface area contributed by atoms with Gasteiger partial charge in [-0.2, -0.15) is 5.10 Å². The Kier molecular flexibility index (Phi) is 3.24. The van der Waals surface area contributed by atoms with E-state index in [0.717, 1.165) is 31.4 Å². The van der Waals surface area contributed by atoms with Crippen molar-refractivity contribution in [3.8, 4) is 0 Å². The van der Waals surface area contributed by atoms with Gasteiger partial charge in [-0.3, -0.25) is 4.68 Å². The van der Waals surface area contributed by atoms with E-state index in [1.165, 1.54) is 0 Å². The van der Waals surface area contributed by atoms with E-state index in [0.29, 0.717) is 19.0 Å². The molecule has 0 bridgehead atoms. The zero-order valence-corrected chi connectivity index (χ0v) is 11.2. The molecule has 3 heterocycles. The second-order valence-electron chi connectivity index (χ2n) is 5.64. The molecular weight excluding hydrogens is 246 g/mol. The lowest BCUT2D eigenvalue weighted by Gasteiger charge is -2.38. The number of ether oxygens (including phenoxy) is 2. The zero-order chi connectivity index (χ0) is 13.5. The maximum atomic E-state index is 10.6. The average molecular weight is 267 g/mol. The van der Waals surface area contributed by atoms with Crippen LogP contribution in [0.25, 0.3) is 0 Å². The Hall–Kier alpha value is -1.11. The molecule has 2 aliphatic heterocycles. The van der Waals surface area contributed by atoms with Crippen LogP contribution in [0.4, 0.5) is 5.82 Å². The van der Waals surface area contributed by atoms with Gasteiger partial charge in [0.05, 0.1) is 24.5 Å². The van der Waals surface area contributed by atoms with Gasteiger partial charge in [-0.25, -0.2) is 0 Å². The number of rotatable bonds is 2. The van der Waals surface area contributed by atoms with E-state index < -0.39 is 6.10 Å². The van der Waals surface area contributed by atoms with Crippen molar-refractivity contribution in [1.29, 1.82) is 0 Å². The monoisotopic (exact) mass is 267 g/mol. The minimum Gasteiger partial charge on any atom is -0.388 e. The van der Waals surface area contributed by atoms with Crippen molar-refractivity contribution in [3.63, 3.8) is 0 Å². The average Bonchev–Trinajstić information content (AvgIpc) is 2.98. The van der Waals surface area contributed by atoms with Crippen LogP contribution in [0.2, 0.25) is 0 Å². The van der Waals surface area contributed by atoms with Gasteiger partial charge in [0, 0.05) is 32.2 Å². The van der Waals surface area contributed by atoms with E-state index in [1.54, 1.807) is 17.9 Å². The molecule has 6 heteroatoms. The van der Waals surface area contributed by atoms with Gasteiger partial charge in [0.1, 0.15) is 5.82 Å². The quantitative estimate of drug-likeness (QED) is 0.821. The Morgan fingerprint density at radius 2 is 2.42 bits per heavy atom. The second-order valence-corrected chi connectivity index (χ2v) is 5.64. The van der Waals surface area contributed by atoms with Gasteiger partial charge in [0.15, 0.2) is 0 Å². The maximum Gasteiger partial charge on any atom is 0.127 e. The Balaban J connectivity index is 1.76. The van der Waals surface area contributed by atoms with Crippen LogP contribution in [-0.2, 0) is 16.5 Å². The summed E-state index contributed by atoms with van der Waals surface area (Å²) in [7, 11) is 1.78. The molecule has 3 N–H and O–H groups in total. The topological polar surface area (TPSA) is 82.5 Å². The molecule has 2 fully saturated rings. The summed E-state index contributed by atoms with van der Waals surface area (Å²) in [6, 6.07) is 0. The van der Waals surface area contributed by atoms with Crippen LogP contribution < -0.4 is 5.73 Å². The summed E-state index contributed by atoms with van der Waals surface area (Å²) < 4.78 is 12.9. The van der Waals surface area contributed by atoms with E-state index >= 15 is 0 Å². The van der Waals surface area contributed by atoms with Crippen LogP contribution in [0.3, 0.4) is 0 Å². The summed E-state index contributed by atoms with van der Waals surface area (Å²) in [5.74, 6) is 0.692. The highest BCUT2D eigenvalue weighted by Crippen LogP contribution is 2.41. The number of nitrogen functional groups attached to an aromatic ring is 1. The van der Waals surface area contributed by atoms with Crippen LogP contribution in [0, 0.1) is 5.92 Å². The van der Waals surface area contributed by atoms with Crippen molar-refractivity contribution < 1.29 is 14.6 Å². The molecule has 2 aliphatic rings. The normalized spacial score (nSPS) is 32.8. The summed E-state index contributed by atoms with van der Waals surface area (Å²) in [5.41, 5.74) is 6.47. The Morgan fingerprint density at radius 1 is 1.58 bits per heavy atom. The molecule has 6 nitrogen and oxygen atoms in total. The molecule has 1 spiro atoms. The number of aliphatic hydroxyl groups is 1. The van der Waals surface area contributed by atoms with Crippen molar-refractivity contribution in [2.24, 2.45) is 13.0 Å². The third-order valence-electron chi connectivity index (χ3n) is 4.38. The Bertz CT molecular complexity index is 454. The van der Waals surface area contributed by atoms with Crippen molar-refractivity contribution in [1.82, 2.24) is 9.78 Å². The lowest BCUT2D eigenvalue weighted by molar-refractivity contribution is -0.117. The molecule has 3 rings (SSSR count). The molecule has 0 radical (unpaired) electrons. The predicted octanol–water partition coefficient (Wildman–Crippen LogP) is 0.621. The molecule has 1 aromatic rings. The van der Waals surface area contributed by atoms with Crippen LogP contribution in [0.5, 0.6) is 0 Å². The van der Waals surface area contributed by atoms with Crippen molar-refractivity contribution in [2.75, 3.05) is 25.6 Å². The van der Waals surface area contributed by atoms with Crippen molar-refractivity contribution in [3.05, 3.63) is 11.8 Å². The molecular formula is C13H21N3O3. The summed E-state index contributed by atoms with van der Waals surface area (Å²) in [5, 5.41) is 14.7. The molecule has 0 saturated carbocycles. The maximum absolute atomic E-state index is 10.6. The number of aryl methyl sites for hydroxylation is 1. The fraction of sp³-hybridized carbons (Fsp3) is 0.769. The standard InChI is InChI=1S/C13H21N3O3/c1-16-12(14)10(7-15-16)11(17)9-2-4-19-13(6-9)3-5-18-8-13/h7,9,11,17H,2-6,8,14H2,1H3. The number of anilines is 1. The van der Waals surface area contributed by atoms with Gasteiger partial charge >= 0.3 is 0 Å². The zero-order valence-electron chi connectivity index (χ0n) is 11.2. The van der Waals surface area contributed by atoms with E-state index in [-0.39, 0.29) is 11.5 Å². The Labute approximate surface area is 112 Å². The number of hydrogen-bond acceptors (Lipinski definition) is 5. The van der Waals surface area contributed by atoms with Gasteiger partial charge < -0.3 is 20.3 Å². The van der Waals surface area contributed by atoms with Gasteiger partial charge in [0.25, 0.3) is 0 Å². The molecule has 0 aromatic carbocycles. The van der Waals surface area contributed by atoms with E-state index in [9.17, 15) is 5.11 Å². The van der Waals surface area contributed by atoms with Gasteiger partial charge in [-0.05, 0) is 18.8 Å². The third-order valence-corrected chi connectivity index (χ3v) is 4.38. The molecule has 0 amide bonds. The number of hydrogen-bond donors (Lipinski definition) is 2. The first kappa shape index (κ1) is 12.9. The SMILES string of the molecule is Cn1ncc(C(O)C2CCOC3(CCOC3)C2)c1N. The predicted molar refractivity (Wildman–Crippen MR) is 69.4 cm³/mol. The smallest absolute Gasteiger partial charge is 0.127 e. The largest absolute Gasteiger partial charge is 0.388 e. The van der Waals surface area contributed by atoms with E-state index in [2.05, 4.69) is 5.10 Å². The minimum atomic E-state index is -0.574. The van der Waals surface area contributed by atoms with Crippen molar-refractivity contribution >= 4 is 5.82 Å². The van der Waals surface area contributed by atoms with E-state index in [1.807, 2.05) is 0 Å². The van der Waals surface area contributed by atoms with Gasteiger partial charge in [-0.1, -0.05) is 0 Å². The van der Waals surface area contributed by atoms with Gasteiger partial charge in [-0.15, -0.1) is 0 Å². The number of aliphatic hydroxyl groups excluding tert-OH is 1. The first-order chi connectivity index (χ1) is 9.11. The number of nitrogens with zero attached hydrogens (tertiary/aromatic N) is 2. The van der Waals surface area contributed by atoms with Crippen LogP contribution in [-0.4, -0.2) is 40.3 Å². The van der Waals surface area contributed by atoms with Crippen LogP contribution in [0.15, 0.2) is 6.20 Å². The number of nitrogens with two attached hydrogens (primary N) is 1. The molecule has 2 saturated heterocycles. The lowest BCUT2D eigenvalue weighted by atomic mass is 9.80. The van der Waals surface area contributed by atoms with Crippen LogP contribution in [0.1, 0.15) is 30.9 Å². The lowest BCUT2D eigenvalue weighted by Crippen LogP contribution is -2.41. The van der Waals surface area contributed by atoms with E-state index in [4.69, 9.17) is 15.2 Å². The molecule has 1 aromatic heterocycles. The minimum absolute atomic E-state index is 0.155. The summed E-state index contributed by atoms with van der Waals surface area (Å²) in [4.78, 5) is 0. The summed E-state index contributed by atoms with van der Waals surface area (Å²) in [6.45, 7) is 2.06. The number of aromatic nitrogens is 2. The van der Waals surface area contributed by atoms with Crippen molar-refractivity contribution in [2.45, 2.75) is 31.0 Å². The van der Waals surface area contributed by atoms with Gasteiger partial charge in [0.2, 0.25) is 0 Å². The highest BCUT2D eigenvalue weighted by atomic mass is 16.6. The third kappa shape index (κ3) is 2.24. The first-order valence-corrected chi connectivity index (χ1v) is 6.78. The molecule has 3 unspecified atom stereocenters. The Morgan fingerprint density at radius 3 is 3.05 bits per heavy atom. The highest BCUT2D eigenvalue weighted by molar-refractivity contribution is 5.40. The molecule has 3 atom stereocenters. The first-order valence-electron chi connectivity index (χ1n) is 6.78.